The normalized spacial score (nSPS) is 10.9. The van der Waals surface area contributed by atoms with E-state index < -0.39 is 5.97 Å². The molecule has 3 rings (SSSR count). The Bertz CT molecular complexity index is 815. The average molecular weight is 265 g/mol. The Labute approximate surface area is 116 Å². The molecule has 0 fully saturated rings. The van der Waals surface area contributed by atoms with Crippen LogP contribution in [-0.2, 0) is 0 Å². The minimum Gasteiger partial charge on any atom is -0.478 e. The minimum absolute atomic E-state index is 0.312. The number of aryl methyl sites for hydroxylation is 1. The third kappa shape index (κ3) is 1.88. The first kappa shape index (κ1) is 12.5. The van der Waals surface area contributed by atoms with Crippen LogP contribution in [0.15, 0.2) is 42.6 Å². The third-order valence-electron chi connectivity index (χ3n) is 3.83. The number of carboxylic acid groups (broad SMARTS) is 1. The molecule has 2 aromatic carbocycles. The molecule has 3 heteroatoms. The van der Waals surface area contributed by atoms with Crippen molar-refractivity contribution in [2.24, 2.45) is 0 Å². The molecule has 3 nitrogen and oxygen atoms in total. The monoisotopic (exact) mass is 265 g/mol. The van der Waals surface area contributed by atoms with E-state index in [4.69, 9.17) is 0 Å². The molecule has 0 saturated carbocycles. The van der Waals surface area contributed by atoms with Crippen LogP contribution in [0.25, 0.3) is 22.0 Å². The molecule has 3 aromatic rings. The van der Waals surface area contributed by atoms with Gasteiger partial charge in [0.05, 0.1) is 5.56 Å². The van der Waals surface area contributed by atoms with Gasteiger partial charge in [-0.1, -0.05) is 24.3 Å². The topological polar surface area (TPSA) is 53.1 Å². The Balaban J connectivity index is 2.24. The fourth-order valence-electron chi connectivity index (χ4n) is 2.53. The summed E-state index contributed by atoms with van der Waals surface area (Å²) in [4.78, 5) is 14.2. The zero-order valence-corrected chi connectivity index (χ0v) is 11.4. The molecule has 0 aliphatic carbocycles. The summed E-state index contributed by atoms with van der Waals surface area (Å²) in [6.07, 6.45) is 1.54. The van der Waals surface area contributed by atoms with E-state index in [2.05, 4.69) is 31.0 Å². The standard InChI is InChI=1S/C17H15NO2/c1-10-4-3-5-13(11(10)2)12-6-7-16-14(8-12)15(9-18-16)17(19)20/h3-9,18H,1-2H3,(H,19,20). The number of carbonyl (C=O) groups is 1. The number of H-pyrrole nitrogens is 1. The van der Waals surface area contributed by atoms with E-state index in [0.29, 0.717) is 5.56 Å². The molecular weight excluding hydrogens is 250 g/mol. The Morgan fingerprint density at radius 3 is 2.70 bits per heavy atom. The molecule has 0 radical (unpaired) electrons. The first-order chi connectivity index (χ1) is 9.58. The quantitative estimate of drug-likeness (QED) is 0.731. The molecule has 2 N–H and O–H groups in total. The lowest BCUT2D eigenvalue weighted by atomic mass is 9.96. The highest BCUT2D eigenvalue weighted by molar-refractivity contribution is 6.04. The maximum Gasteiger partial charge on any atom is 0.337 e. The zero-order chi connectivity index (χ0) is 14.3. The summed E-state index contributed by atoms with van der Waals surface area (Å²) in [5.74, 6) is -0.908. The van der Waals surface area contributed by atoms with Gasteiger partial charge in [0, 0.05) is 17.1 Å². The van der Waals surface area contributed by atoms with Crippen LogP contribution in [0.5, 0.6) is 0 Å². The molecule has 0 amide bonds. The molecule has 0 unspecified atom stereocenters. The molecule has 0 aliphatic heterocycles. The number of fused-ring (bicyclic) bond motifs is 1. The van der Waals surface area contributed by atoms with Crippen LogP contribution < -0.4 is 0 Å². The van der Waals surface area contributed by atoms with Crippen molar-refractivity contribution in [2.45, 2.75) is 13.8 Å². The second kappa shape index (κ2) is 4.53. The van der Waals surface area contributed by atoms with Crippen LogP contribution in [0.3, 0.4) is 0 Å². The fourth-order valence-corrected chi connectivity index (χ4v) is 2.53. The third-order valence-corrected chi connectivity index (χ3v) is 3.83. The predicted molar refractivity (Wildman–Crippen MR) is 80.2 cm³/mol. The van der Waals surface area contributed by atoms with Crippen LogP contribution in [0.1, 0.15) is 21.5 Å². The van der Waals surface area contributed by atoms with E-state index in [1.165, 1.54) is 11.1 Å². The van der Waals surface area contributed by atoms with Gasteiger partial charge in [0.25, 0.3) is 0 Å². The summed E-state index contributed by atoms with van der Waals surface area (Å²) in [7, 11) is 0. The molecule has 1 aromatic heterocycles. The number of aromatic amines is 1. The molecule has 0 saturated heterocycles. The molecule has 0 aliphatic rings. The number of hydrogen-bond donors (Lipinski definition) is 2. The van der Waals surface area contributed by atoms with Gasteiger partial charge >= 0.3 is 5.97 Å². The van der Waals surface area contributed by atoms with Crippen LogP contribution in [-0.4, -0.2) is 16.1 Å². The van der Waals surface area contributed by atoms with Gasteiger partial charge < -0.3 is 10.1 Å². The molecule has 0 bridgehead atoms. The number of rotatable bonds is 2. The highest BCUT2D eigenvalue weighted by Crippen LogP contribution is 2.29. The van der Waals surface area contributed by atoms with Gasteiger partial charge in [0.2, 0.25) is 0 Å². The summed E-state index contributed by atoms with van der Waals surface area (Å²) in [6.45, 7) is 4.17. The minimum atomic E-state index is -0.908. The van der Waals surface area contributed by atoms with Gasteiger partial charge in [-0.15, -0.1) is 0 Å². The zero-order valence-electron chi connectivity index (χ0n) is 11.4. The van der Waals surface area contributed by atoms with Gasteiger partial charge in [-0.25, -0.2) is 4.79 Å². The second-order valence-electron chi connectivity index (χ2n) is 5.02. The van der Waals surface area contributed by atoms with Crippen molar-refractivity contribution in [3.05, 3.63) is 59.3 Å². The van der Waals surface area contributed by atoms with E-state index in [1.807, 2.05) is 24.3 Å². The summed E-state index contributed by atoms with van der Waals surface area (Å²) < 4.78 is 0. The van der Waals surface area contributed by atoms with E-state index in [9.17, 15) is 9.90 Å². The summed E-state index contributed by atoms with van der Waals surface area (Å²) in [5.41, 5.74) is 5.79. The maximum atomic E-state index is 11.2. The number of hydrogen-bond acceptors (Lipinski definition) is 1. The Morgan fingerprint density at radius 2 is 1.95 bits per heavy atom. The van der Waals surface area contributed by atoms with E-state index in [-0.39, 0.29) is 0 Å². The first-order valence-corrected chi connectivity index (χ1v) is 6.49. The number of nitrogens with one attached hydrogen (secondary N) is 1. The van der Waals surface area contributed by atoms with Crippen molar-refractivity contribution >= 4 is 16.9 Å². The molecule has 1 heterocycles. The molecule has 100 valence electrons. The lowest BCUT2D eigenvalue weighted by molar-refractivity contribution is 0.0699. The number of carboxylic acids is 1. The largest absolute Gasteiger partial charge is 0.478 e. The molecular formula is C17H15NO2. The van der Waals surface area contributed by atoms with Crippen molar-refractivity contribution in [3.63, 3.8) is 0 Å². The SMILES string of the molecule is Cc1cccc(-c2ccc3[nH]cc(C(=O)O)c3c2)c1C. The van der Waals surface area contributed by atoms with E-state index in [0.717, 1.165) is 22.0 Å². The Morgan fingerprint density at radius 1 is 1.15 bits per heavy atom. The summed E-state index contributed by atoms with van der Waals surface area (Å²) in [6, 6.07) is 12.1. The van der Waals surface area contributed by atoms with Crippen LogP contribution in [0.4, 0.5) is 0 Å². The van der Waals surface area contributed by atoms with E-state index >= 15 is 0 Å². The fraction of sp³-hybridized carbons (Fsp3) is 0.118. The van der Waals surface area contributed by atoms with Crippen LogP contribution >= 0.6 is 0 Å². The highest BCUT2D eigenvalue weighted by atomic mass is 16.4. The van der Waals surface area contributed by atoms with Gasteiger partial charge in [-0.05, 0) is 48.2 Å². The maximum absolute atomic E-state index is 11.2. The predicted octanol–water partition coefficient (Wildman–Crippen LogP) is 4.15. The lowest BCUT2D eigenvalue weighted by Crippen LogP contribution is -1.94. The van der Waals surface area contributed by atoms with Crippen molar-refractivity contribution in [3.8, 4) is 11.1 Å². The number of benzene rings is 2. The van der Waals surface area contributed by atoms with Gasteiger partial charge in [-0.2, -0.15) is 0 Å². The Kier molecular flexibility index (Phi) is 2.83. The number of aromatic nitrogens is 1. The van der Waals surface area contributed by atoms with Crippen molar-refractivity contribution in [1.29, 1.82) is 0 Å². The second-order valence-corrected chi connectivity index (χ2v) is 5.02. The van der Waals surface area contributed by atoms with Gasteiger partial charge in [0.15, 0.2) is 0 Å². The summed E-state index contributed by atoms with van der Waals surface area (Å²) in [5, 5.41) is 9.96. The van der Waals surface area contributed by atoms with E-state index in [1.54, 1.807) is 6.20 Å². The first-order valence-electron chi connectivity index (χ1n) is 6.49. The molecule has 20 heavy (non-hydrogen) atoms. The number of aromatic carboxylic acids is 1. The molecule has 0 spiro atoms. The smallest absolute Gasteiger partial charge is 0.337 e. The molecule has 0 atom stereocenters. The summed E-state index contributed by atoms with van der Waals surface area (Å²) >= 11 is 0. The van der Waals surface area contributed by atoms with Gasteiger partial charge in [0.1, 0.15) is 0 Å². The van der Waals surface area contributed by atoms with Gasteiger partial charge in [-0.3, -0.25) is 0 Å². The van der Waals surface area contributed by atoms with Crippen LogP contribution in [0, 0.1) is 13.8 Å². The lowest BCUT2D eigenvalue weighted by Gasteiger charge is -2.09. The van der Waals surface area contributed by atoms with Crippen molar-refractivity contribution < 1.29 is 9.90 Å². The Hall–Kier alpha value is -2.55. The average Bonchev–Trinajstić information content (AvgIpc) is 2.85. The van der Waals surface area contributed by atoms with Crippen molar-refractivity contribution in [2.75, 3.05) is 0 Å². The highest BCUT2D eigenvalue weighted by Gasteiger charge is 2.12. The van der Waals surface area contributed by atoms with Crippen molar-refractivity contribution in [1.82, 2.24) is 4.98 Å². The van der Waals surface area contributed by atoms with Crippen LogP contribution in [0.2, 0.25) is 0 Å².